The monoisotopic (exact) mass is 271 g/mol. The van der Waals surface area contributed by atoms with Crippen LogP contribution >= 0.6 is 11.8 Å². The standard InChI is InChI=1S/C10H13N3O4S/c1-7(18-2)6-11-9-4-3-8(12(14)15)5-10(9)13(16)17/h3-5,7,11H,6H2,1-2H3. The van der Waals surface area contributed by atoms with Crippen molar-refractivity contribution in [1.29, 1.82) is 0 Å². The third-order valence-electron chi connectivity index (χ3n) is 2.37. The molecule has 7 nitrogen and oxygen atoms in total. The van der Waals surface area contributed by atoms with Gasteiger partial charge in [-0.1, -0.05) is 6.92 Å². The highest BCUT2D eigenvalue weighted by atomic mass is 32.2. The van der Waals surface area contributed by atoms with Gasteiger partial charge in [-0.25, -0.2) is 0 Å². The van der Waals surface area contributed by atoms with E-state index in [-0.39, 0.29) is 11.4 Å². The molecule has 0 spiro atoms. The Morgan fingerprint density at radius 1 is 1.33 bits per heavy atom. The maximum atomic E-state index is 10.8. The molecule has 8 heteroatoms. The molecule has 0 bridgehead atoms. The molecule has 0 radical (unpaired) electrons. The van der Waals surface area contributed by atoms with Crippen molar-refractivity contribution in [2.24, 2.45) is 0 Å². The van der Waals surface area contributed by atoms with Gasteiger partial charge in [-0.2, -0.15) is 11.8 Å². The normalized spacial score (nSPS) is 11.9. The Kier molecular flexibility index (Phi) is 4.90. The number of nitrogens with zero attached hydrogens (tertiary/aromatic N) is 2. The van der Waals surface area contributed by atoms with Gasteiger partial charge in [0.1, 0.15) is 5.69 Å². The fourth-order valence-electron chi connectivity index (χ4n) is 1.27. The summed E-state index contributed by atoms with van der Waals surface area (Å²) in [4.78, 5) is 20.1. The van der Waals surface area contributed by atoms with E-state index in [1.807, 2.05) is 13.2 Å². The number of non-ortho nitro benzene ring substituents is 1. The van der Waals surface area contributed by atoms with Crippen LogP contribution in [0, 0.1) is 20.2 Å². The molecule has 0 saturated heterocycles. The molecule has 0 fully saturated rings. The van der Waals surface area contributed by atoms with Gasteiger partial charge >= 0.3 is 0 Å². The molecule has 1 aromatic rings. The van der Waals surface area contributed by atoms with Crippen LogP contribution in [0.3, 0.4) is 0 Å². The molecule has 0 aliphatic rings. The van der Waals surface area contributed by atoms with E-state index in [9.17, 15) is 20.2 Å². The molecule has 1 atom stereocenters. The predicted octanol–water partition coefficient (Wildman–Crippen LogP) is 2.67. The van der Waals surface area contributed by atoms with Crippen LogP contribution in [0.25, 0.3) is 0 Å². The number of nitrogens with one attached hydrogen (secondary N) is 1. The van der Waals surface area contributed by atoms with Crippen molar-refractivity contribution in [3.63, 3.8) is 0 Å². The quantitative estimate of drug-likeness (QED) is 0.630. The van der Waals surface area contributed by atoms with E-state index in [0.717, 1.165) is 6.07 Å². The fourth-order valence-corrected chi connectivity index (χ4v) is 1.52. The molecule has 1 aromatic carbocycles. The summed E-state index contributed by atoms with van der Waals surface area (Å²) in [6.45, 7) is 2.54. The maximum Gasteiger partial charge on any atom is 0.299 e. The van der Waals surface area contributed by atoms with Crippen molar-refractivity contribution >= 4 is 28.8 Å². The van der Waals surface area contributed by atoms with Gasteiger partial charge in [0, 0.05) is 17.9 Å². The van der Waals surface area contributed by atoms with Gasteiger partial charge in [0.15, 0.2) is 0 Å². The lowest BCUT2D eigenvalue weighted by Crippen LogP contribution is -2.13. The number of nitro groups is 2. The first-order valence-corrected chi connectivity index (χ1v) is 6.44. The summed E-state index contributed by atoms with van der Waals surface area (Å²) in [5.74, 6) is 0. The minimum atomic E-state index is -0.651. The Bertz CT molecular complexity index is 466. The van der Waals surface area contributed by atoms with Crippen LogP contribution in [0.4, 0.5) is 17.1 Å². The van der Waals surface area contributed by atoms with Crippen molar-refractivity contribution in [3.8, 4) is 0 Å². The summed E-state index contributed by atoms with van der Waals surface area (Å²) in [7, 11) is 0. The molecular formula is C10H13N3O4S. The van der Waals surface area contributed by atoms with E-state index in [0.29, 0.717) is 17.5 Å². The summed E-state index contributed by atoms with van der Waals surface area (Å²) >= 11 is 1.63. The number of anilines is 1. The average Bonchev–Trinajstić information content (AvgIpc) is 2.35. The topological polar surface area (TPSA) is 98.3 Å². The zero-order chi connectivity index (χ0) is 13.7. The number of nitro benzene ring substituents is 2. The molecular weight excluding hydrogens is 258 g/mol. The molecule has 1 unspecified atom stereocenters. The van der Waals surface area contributed by atoms with E-state index >= 15 is 0 Å². The lowest BCUT2D eigenvalue weighted by Gasteiger charge is -2.11. The van der Waals surface area contributed by atoms with E-state index in [1.54, 1.807) is 11.8 Å². The van der Waals surface area contributed by atoms with Crippen LogP contribution < -0.4 is 5.32 Å². The van der Waals surface area contributed by atoms with E-state index < -0.39 is 9.85 Å². The number of rotatable bonds is 6. The van der Waals surface area contributed by atoms with Crippen LogP contribution in [0.15, 0.2) is 18.2 Å². The second-order valence-electron chi connectivity index (χ2n) is 3.64. The van der Waals surface area contributed by atoms with E-state index in [4.69, 9.17) is 0 Å². The van der Waals surface area contributed by atoms with Gasteiger partial charge in [-0.05, 0) is 12.3 Å². The van der Waals surface area contributed by atoms with Crippen molar-refractivity contribution in [1.82, 2.24) is 0 Å². The summed E-state index contributed by atoms with van der Waals surface area (Å²) in [6.07, 6.45) is 1.94. The Morgan fingerprint density at radius 3 is 2.50 bits per heavy atom. The molecule has 0 aromatic heterocycles. The number of benzene rings is 1. The largest absolute Gasteiger partial charge is 0.378 e. The van der Waals surface area contributed by atoms with Gasteiger partial charge in [0.05, 0.1) is 15.9 Å². The molecule has 18 heavy (non-hydrogen) atoms. The summed E-state index contributed by atoms with van der Waals surface area (Å²) in [5, 5.41) is 24.6. The summed E-state index contributed by atoms with van der Waals surface area (Å²) < 4.78 is 0. The first-order chi connectivity index (χ1) is 8.45. The van der Waals surface area contributed by atoms with Crippen LogP contribution in [-0.2, 0) is 0 Å². The van der Waals surface area contributed by atoms with E-state index in [2.05, 4.69) is 5.32 Å². The molecule has 98 valence electrons. The maximum absolute atomic E-state index is 10.8. The zero-order valence-electron chi connectivity index (χ0n) is 9.95. The van der Waals surface area contributed by atoms with Gasteiger partial charge in [0.25, 0.3) is 11.4 Å². The van der Waals surface area contributed by atoms with Crippen molar-refractivity contribution in [3.05, 3.63) is 38.4 Å². The van der Waals surface area contributed by atoms with Crippen LogP contribution in [0.5, 0.6) is 0 Å². The second-order valence-corrected chi connectivity index (χ2v) is 4.92. The Labute approximate surface area is 108 Å². The Hall–Kier alpha value is -1.83. The third kappa shape index (κ3) is 3.59. The first-order valence-electron chi connectivity index (χ1n) is 5.15. The predicted molar refractivity (Wildman–Crippen MR) is 71.2 cm³/mol. The summed E-state index contributed by atoms with van der Waals surface area (Å²) in [6, 6.07) is 3.58. The molecule has 0 saturated carbocycles. The van der Waals surface area contributed by atoms with Gasteiger partial charge in [-0.15, -0.1) is 0 Å². The minimum Gasteiger partial charge on any atom is -0.378 e. The van der Waals surface area contributed by atoms with Crippen molar-refractivity contribution < 1.29 is 9.85 Å². The fraction of sp³-hybridized carbons (Fsp3) is 0.400. The Morgan fingerprint density at radius 2 is 2.00 bits per heavy atom. The Balaban J connectivity index is 2.97. The smallest absolute Gasteiger partial charge is 0.299 e. The SMILES string of the molecule is CSC(C)CNc1ccc([N+](=O)[O-])cc1[N+](=O)[O-]. The molecule has 0 heterocycles. The van der Waals surface area contributed by atoms with Crippen LogP contribution in [-0.4, -0.2) is 27.9 Å². The minimum absolute atomic E-state index is 0.280. The van der Waals surface area contributed by atoms with Crippen molar-refractivity contribution in [2.45, 2.75) is 12.2 Å². The van der Waals surface area contributed by atoms with Crippen molar-refractivity contribution in [2.75, 3.05) is 18.1 Å². The third-order valence-corrected chi connectivity index (χ3v) is 3.34. The van der Waals surface area contributed by atoms with Gasteiger partial charge < -0.3 is 5.32 Å². The van der Waals surface area contributed by atoms with Gasteiger partial charge in [-0.3, -0.25) is 20.2 Å². The first kappa shape index (κ1) is 14.2. The second kappa shape index (κ2) is 6.20. The highest BCUT2D eigenvalue weighted by molar-refractivity contribution is 7.99. The highest BCUT2D eigenvalue weighted by Gasteiger charge is 2.19. The lowest BCUT2D eigenvalue weighted by atomic mass is 10.2. The number of hydrogen-bond acceptors (Lipinski definition) is 6. The highest BCUT2D eigenvalue weighted by Crippen LogP contribution is 2.29. The van der Waals surface area contributed by atoms with Crippen LogP contribution in [0.2, 0.25) is 0 Å². The molecule has 0 aliphatic carbocycles. The average molecular weight is 271 g/mol. The molecule has 1 N–H and O–H groups in total. The molecule has 1 rings (SSSR count). The number of thioether (sulfide) groups is 1. The molecule has 0 amide bonds. The number of hydrogen-bond donors (Lipinski definition) is 1. The lowest BCUT2D eigenvalue weighted by molar-refractivity contribution is -0.393. The summed E-state index contributed by atoms with van der Waals surface area (Å²) in [5.41, 5.74) is -0.269. The zero-order valence-corrected chi connectivity index (χ0v) is 10.8. The van der Waals surface area contributed by atoms with Crippen LogP contribution in [0.1, 0.15) is 6.92 Å². The van der Waals surface area contributed by atoms with Gasteiger partial charge in [0.2, 0.25) is 0 Å². The molecule has 0 aliphatic heterocycles. The van der Waals surface area contributed by atoms with E-state index in [1.165, 1.54) is 12.1 Å².